The van der Waals surface area contributed by atoms with E-state index in [1.807, 2.05) is 0 Å². The van der Waals surface area contributed by atoms with Gasteiger partial charge in [0.25, 0.3) is 5.69 Å². The molecule has 0 bridgehead atoms. The Morgan fingerprint density at radius 2 is 1.95 bits per heavy atom. The molecule has 0 heterocycles. The van der Waals surface area contributed by atoms with Gasteiger partial charge in [0.15, 0.2) is 0 Å². The summed E-state index contributed by atoms with van der Waals surface area (Å²) in [6.07, 6.45) is 5.82. The van der Waals surface area contributed by atoms with Crippen molar-refractivity contribution in [2.45, 2.75) is 38.5 Å². The SMILES string of the molecule is NCC1(C(=O)Nc2cccc([N+](=O)[O-])c2)CCCCCC1. The summed E-state index contributed by atoms with van der Waals surface area (Å²) in [4.78, 5) is 22.9. The Morgan fingerprint density at radius 1 is 1.29 bits per heavy atom. The number of nitrogens with zero attached hydrogens (tertiary/aromatic N) is 1. The lowest BCUT2D eigenvalue weighted by Gasteiger charge is -2.29. The molecule has 1 fully saturated rings. The number of nitrogens with two attached hydrogens (primary N) is 1. The zero-order valence-electron chi connectivity index (χ0n) is 12.0. The van der Waals surface area contributed by atoms with E-state index in [9.17, 15) is 14.9 Å². The Hall–Kier alpha value is -1.95. The van der Waals surface area contributed by atoms with Gasteiger partial charge in [-0.25, -0.2) is 0 Å². The molecule has 1 aliphatic rings. The van der Waals surface area contributed by atoms with Gasteiger partial charge in [0.05, 0.1) is 10.3 Å². The van der Waals surface area contributed by atoms with Gasteiger partial charge < -0.3 is 11.1 Å². The highest BCUT2D eigenvalue weighted by atomic mass is 16.6. The zero-order chi connectivity index (χ0) is 15.3. The van der Waals surface area contributed by atoms with E-state index in [0.717, 1.165) is 38.5 Å². The number of rotatable bonds is 4. The second kappa shape index (κ2) is 6.67. The molecule has 0 saturated heterocycles. The van der Waals surface area contributed by atoms with Gasteiger partial charge in [0.1, 0.15) is 0 Å². The average Bonchev–Trinajstić information content (AvgIpc) is 2.74. The standard InChI is InChI=1S/C15H21N3O3/c16-11-15(8-3-1-2-4-9-15)14(19)17-12-6-5-7-13(10-12)18(20)21/h5-7,10H,1-4,8-9,11,16H2,(H,17,19). The third-order valence-corrected chi connectivity index (χ3v) is 4.25. The van der Waals surface area contributed by atoms with E-state index in [-0.39, 0.29) is 11.6 Å². The maximum absolute atomic E-state index is 12.6. The van der Waals surface area contributed by atoms with E-state index in [4.69, 9.17) is 5.73 Å². The zero-order valence-corrected chi connectivity index (χ0v) is 12.0. The molecule has 1 aromatic rings. The van der Waals surface area contributed by atoms with E-state index >= 15 is 0 Å². The molecule has 0 radical (unpaired) electrons. The van der Waals surface area contributed by atoms with Crippen molar-refractivity contribution in [3.8, 4) is 0 Å². The maximum atomic E-state index is 12.6. The van der Waals surface area contributed by atoms with Gasteiger partial charge in [-0.3, -0.25) is 14.9 Å². The first-order valence-electron chi connectivity index (χ1n) is 7.33. The second-order valence-corrected chi connectivity index (χ2v) is 5.66. The Kier molecular flexibility index (Phi) is 4.90. The summed E-state index contributed by atoms with van der Waals surface area (Å²) in [6, 6.07) is 6.00. The van der Waals surface area contributed by atoms with Crippen LogP contribution in [0.4, 0.5) is 11.4 Å². The molecule has 0 spiro atoms. The van der Waals surface area contributed by atoms with E-state index in [0.29, 0.717) is 12.2 Å². The van der Waals surface area contributed by atoms with Gasteiger partial charge in [0, 0.05) is 24.4 Å². The van der Waals surface area contributed by atoms with Crippen LogP contribution in [0.1, 0.15) is 38.5 Å². The number of amides is 1. The highest BCUT2D eigenvalue weighted by Gasteiger charge is 2.37. The minimum atomic E-state index is -0.541. The molecule has 2 rings (SSSR count). The number of anilines is 1. The van der Waals surface area contributed by atoms with Crippen molar-refractivity contribution in [1.82, 2.24) is 0 Å². The third-order valence-electron chi connectivity index (χ3n) is 4.25. The summed E-state index contributed by atoms with van der Waals surface area (Å²) in [7, 11) is 0. The van der Waals surface area contributed by atoms with Crippen LogP contribution in [0.3, 0.4) is 0 Å². The lowest BCUT2D eigenvalue weighted by Crippen LogP contribution is -2.42. The van der Waals surface area contributed by atoms with Crippen LogP contribution < -0.4 is 11.1 Å². The fourth-order valence-electron chi connectivity index (χ4n) is 2.89. The molecule has 1 amide bonds. The number of nitro benzene ring substituents is 1. The van der Waals surface area contributed by atoms with Crippen LogP contribution in [0.15, 0.2) is 24.3 Å². The number of benzene rings is 1. The Labute approximate surface area is 123 Å². The van der Waals surface area contributed by atoms with Crippen LogP contribution in [0.25, 0.3) is 0 Å². The van der Waals surface area contributed by atoms with Crippen LogP contribution in [0.5, 0.6) is 0 Å². The molecule has 6 heteroatoms. The lowest BCUT2D eigenvalue weighted by molar-refractivity contribution is -0.384. The summed E-state index contributed by atoms with van der Waals surface area (Å²) in [5.74, 6) is -0.118. The molecule has 6 nitrogen and oxygen atoms in total. The predicted octanol–water partition coefficient (Wildman–Crippen LogP) is 2.83. The molecule has 0 aromatic heterocycles. The number of carbonyl (C=O) groups excluding carboxylic acids is 1. The monoisotopic (exact) mass is 291 g/mol. The summed E-state index contributed by atoms with van der Waals surface area (Å²) in [6.45, 7) is 0.313. The Morgan fingerprint density at radius 3 is 2.52 bits per heavy atom. The summed E-state index contributed by atoms with van der Waals surface area (Å²) < 4.78 is 0. The van der Waals surface area contributed by atoms with Crippen LogP contribution in [-0.2, 0) is 4.79 Å². The normalized spacial score (nSPS) is 17.8. The molecular formula is C15H21N3O3. The number of hydrogen-bond donors (Lipinski definition) is 2. The summed E-state index contributed by atoms with van der Waals surface area (Å²) >= 11 is 0. The molecule has 21 heavy (non-hydrogen) atoms. The second-order valence-electron chi connectivity index (χ2n) is 5.66. The predicted molar refractivity (Wildman–Crippen MR) is 80.9 cm³/mol. The Bertz CT molecular complexity index is 523. The highest BCUT2D eigenvalue weighted by Crippen LogP contribution is 2.35. The molecule has 1 aromatic carbocycles. The third kappa shape index (κ3) is 3.58. The maximum Gasteiger partial charge on any atom is 0.271 e. The molecule has 0 aliphatic heterocycles. The van der Waals surface area contributed by atoms with E-state index in [1.165, 1.54) is 12.1 Å². The van der Waals surface area contributed by atoms with Gasteiger partial charge in [-0.15, -0.1) is 0 Å². The van der Waals surface area contributed by atoms with Gasteiger partial charge >= 0.3 is 0 Å². The molecule has 1 aliphatic carbocycles. The number of carbonyl (C=O) groups is 1. The molecule has 0 atom stereocenters. The molecule has 114 valence electrons. The number of non-ortho nitro benzene ring substituents is 1. The largest absolute Gasteiger partial charge is 0.329 e. The topological polar surface area (TPSA) is 98.3 Å². The van der Waals surface area contributed by atoms with Gasteiger partial charge in [0.2, 0.25) is 5.91 Å². The summed E-state index contributed by atoms with van der Waals surface area (Å²) in [5.41, 5.74) is 5.75. The van der Waals surface area contributed by atoms with E-state index in [2.05, 4.69) is 5.32 Å². The van der Waals surface area contributed by atoms with Gasteiger partial charge in [-0.1, -0.05) is 31.7 Å². The van der Waals surface area contributed by atoms with E-state index < -0.39 is 10.3 Å². The van der Waals surface area contributed by atoms with Crippen molar-refractivity contribution in [2.75, 3.05) is 11.9 Å². The van der Waals surface area contributed by atoms with Crippen LogP contribution in [-0.4, -0.2) is 17.4 Å². The Balaban J connectivity index is 2.15. The van der Waals surface area contributed by atoms with E-state index in [1.54, 1.807) is 12.1 Å². The minimum Gasteiger partial charge on any atom is -0.329 e. The van der Waals surface area contributed by atoms with Crippen LogP contribution in [0, 0.1) is 15.5 Å². The van der Waals surface area contributed by atoms with Gasteiger partial charge in [-0.05, 0) is 18.9 Å². The quantitative estimate of drug-likeness (QED) is 0.506. The van der Waals surface area contributed by atoms with Crippen molar-refractivity contribution in [3.63, 3.8) is 0 Å². The average molecular weight is 291 g/mol. The number of nitrogens with one attached hydrogen (secondary N) is 1. The van der Waals surface area contributed by atoms with Crippen molar-refractivity contribution in [2.24, 2.45) is 11.1 Å². The first kappa shape index (κ1) is 15.4. The van der Waals surface area contributed by atoms with Crippen molar-refractivity contribution in [3.05, 3.63) is 34.4 Å². The molecule has 3 N–H and O–H groups in total. The first-order chi connectivity index (χ1) is 10.1. The highest BCUT2D eigenvalue weighted by molar-refractivity contribution is 5.95. The van der Waals surface area contributed by atoms with Crippen molar-refractivity contribution >= 4 is 17.3 Å². The minimum absolute atomic E-state index is 0.0320. The lowest BCUT2D eigenvalue weighted by atomic mass is 9.79. The first-order valence-corrected chi connectivity index (χ1v) is 7.33. The van der Waals surface area contributed by atoms with Crippen molar-refractivity contribution in [1.29, 1.82) is 0 Å². The van der Waals surface area contributed by atoms with Crippen LogP contribution >= 0.6 is 0 Å². The molecule has 1 saturated carbocycles. The number of hydrogen-bond acceptors (Lipinski definition) is 4. The smallest absolute Gasteiger partial charge is 0.271 e. The molecular weight excluding hydrogens is 270 g/mol. The van der Waals surface area contributed by atoms with Gasteiger partial charge in [-0.2, -0.15) is 0 Å². The summed E-state index contributed by atoms with van der Waals surface area (Å²) in [5, 5.41) is 13.6. The molecule has 0 unspecified atom stereocenters. The van der Waals surface area contributed by atoms with Crippen LogP contribution in [0.2, 0.25) is 0 Å². The number of nitro groups is 1. The van der Waals surface area contributed by atoms with Crippen molar-refractivity contribution < 1.29 is 9.72 Å². The fourth-order valence-corrected chi connectivity index (χ4v) is 2.89. The fraction of sp³-hybridized carbons (Fsp3) is 0.533.